The van der Waals surface area contributed by atoms with Crippen molar-refractivity contribution in [2.24, 2.45) is 11.3 Å². The number of rotatable bonds is 4. The number of ether oxygens (including phenoxy) is 1. The monoisotopic (exact) mass is 279 g/mol. The number of hydrogen-bond donors (Lipinski definition) is 1. The molecule has 1 aromatic rings. The maximum atomic E-state index is 13.1. The van der Waals surface area contributed by atoms with E-state index in [9.17, 15) is 4.39 Å². The van der Waals surface area contributed by atoms with Gasteiger partial charge in [0.15, 0.2) is 0 Å². The van der Waals surface area contributed by atoms with Gasteiger partial charge < -0.3 is 10.1 Å². The van der Waals surface area contributed by atoms with Crippen LogP contribution in [0.5, 0.6) is 0 Å². The fourth-order valence-corrected chi connectivity index (χ4v) is 2.85. The highest BCUT2D eigenvalue weighted by molar-refractivity contribution is 5.22. The largest absolute Gasteiger partial charge is 0.381 e. The average Bonchev–Trinajstić information content (AvgIpc) is 2.89. The van der Waals surface area contributed by atoms with Crippen molar-refractivity contribution in [3.8, 4) is 0 Å². The van der Waals surface area contributed by atoms with Crippen molar-refractivity contribution < 1.29 is 9.13 Å². The first kappa shape index (κ1) is 15.5. The Morgan fingerprint density at radius 1 is 1.25 bits per heavy atom. The predicted molar refractivity (Wildman–Crippen MR) is 80.1 cm³/mol. The van der Waals surface area contributed by atoms with Crippen LogP contribution in [0.25, 0.3) is 0 Å². The molecule has 1 N–H and O–H groups in total. The Bertz CT molecular complexity index is 418. The van der Waals surface area contributed by atoms with Crippen LogP contribution in [0.15, 0.2) is 24.3 Å². The summed E-state index contributed by atoms with van der Waals surface area (Å²) in [7, 11) is 0. The lowest BCUT2D eigenvalue weighted by atomic mass is 9.81. The highest BCUT2D eigenvalue weighted by Gasteiger charge is 2.30. The Labute approximate surface area is 121 Å². The number of nitrogens with one attached hydrogen (secondary N) is 1. The van der Waals surface area contributed by atoms with Crippen molar-refractivity contribution in [3.05, 3.63) is 35.6 Å². The zero-order valence-electron chi connectivity index (χ0n) is 12.9. The van der Waals surface area contributed by atoms with Gasteiger partial charge in [-0.2, -0.15) is 0 Å². The van der Waals surface area contributed by atoms with E-state index in [1.54, 1.807) is 12.1 Å². The molecule has 0 spiro atoms. The van der Waals surface area contributed by atoms with Gasteiger partial charge in [-0.25, -0.2) is 4.39 Å². The Kier molecular flexibility index (Phi) is 4.82. The van der Waals surface area contributed by atoms with Crippen LogP contribution in [0, 0.1) is 17.2 Å². The van der Waals surface area contributed by atoms with Gasteiger partial charge >= 0.3 is 0 Å². The Balaban J connectivity index is 2.13. The molecule has 0 bridgehead atoms. The van der Waals surface area contributed by atoms with Gasteiger partial charge in [0, 0.05) is 18.7 Å². The quantitative estimate of drug-likeness (QED) is 0.901. The van der Waals surface area contributed by atoms with E-state index in [2.05, 4.69) is 33.0 Å². The van der Waals surface area contributed by atoms with E-state index in [4.69, 9.17) is 4.74 Å². The van der Waals surface area contributed by atoms with Crippen LogP contribution < -0.4 is 5.32 Å². The molecule has 3 heteroatoms. The molecule has 3 unspecified atom stereocenters. The molecule has 0 aliphatic carbocycles. The highest BCUT2D eigenvalue weighted by atomic mass is 19.1. The molecule has 1 heterocycles. The average molecular weight is 279 g/mol. The van der Waals surface area contributed by atoms with E-state index in [0.29, 0.717) is 12.0 Å². The maximum absolute atomic E-state index is 13.1. The molecule has 1 fully saturated rings. The van der Waals surface area contributed by atoms with Gasteiger partial charge in [-0.3, -0.25) is 0 Å². The van der Waals surface area contributed by atoms with E-state index in [1.807, 2.05) is 12.1 Å². The summed E-state index contributed by atoms with van der Waals surface area (Å²) in [6.45, 7) is 10.6. The Morgan fingerprint density at radius 2 is 1.90 bits per heavy atom. The van der Waals surface area contributed by atoms with Gasteiger partial charge in [0.25, 0.3) is 0 Å². The number of hydrogen-bond acceptors (Lipinski definition) is 2. The van der Waals surface area contributed by atoms with Crippen LogP contribution in [0.4, 0.5) is 4.39 Å². The van der Waals surface area contributed by atoms with Gasteiger partial charge in [0.1, 0.15) is 5.82 Å². The summed E-state index contributed by atoms with van der Waals surface area (Å²) in [4.78, 5) is 0. The van der Waals surface area contributed by atoms with E-state index in [1.165, 1.54) is 0 Å². The first-order valence-corrected chi connectivity index (χ1v) is 7.47. The van der Waals surface area contributed by atoms with Gasteiger partial charge in [0.05, 0.1) is 6.61 Å². The molecule has 1 saturated heterocycles. The van der Waals surface area contributed by atoms with Crippen LogP contribution in [-0.4, -0.2) is 19.3 Å². The van der Waals surface area contributed by atoms with Crippen molar-refractivity contribution in [3.63, 3.8) is 0 Å². The molecule has 0 aromatic heterocycles. The van der Waals surface area contributed by atoms with Crippen molar-refractivity contribution in [1.82, 2.24) is 5.32 Å². The summed E-state index contributed by atoms with van der Waals surface area (Å²) in [5, 5.41) is 3.73. The summed E-state index contributed by atoms with van der Waals surface area (Å²) in [6.07, 6.45) is 1.12. The lowest BCUT2D eigenvalue weighted by Gasteiger charge is -2.36. The highest BCUT2D eigenvalue weighted by Crippen LogP contribution is 2.34. The third-order valence-electron chi connectivity index (χ3n) is 4.17. The van der Waals surface area contributed by atoms with Crippen LogP contribution in [0.3, 0.4) is 0 Å². The SMILES string of the molecule is CC(NC(c1ccc(F)cc1)C(C)(C)C)C1CCOC1. The molecule has 2 nitrogen and oxygen atoms in total. The van der Waals surface area contributed by atoms with E-state index < -0.39 is 0 Å². The third-order valence-corrected chi connectivity index (χ3v) is 4.17. The molecule has 0 radical (unpaired) electrons. The van der Waals surface area contributed by atoms with Gasteiger partial charge in [-0.15, -0.1) is 0 Å². The fraction of sp³-hybridized carbons (Fsp3) is 0.647. The minimum atomic E-state index is -0.182. The van der Waals surface area contributed by atoms with Crippen LogP contribution in [0.2, 0.25) is 0 Å². The summed E-state index contributed by atoms with van der Waals surface area (Å²) >= 11 is 0. The van der Waals surface area contributed by atoms with E-state index in [-0.39, 0.29) is 17.3 Å². The zero-order valence-corrected chi connectivity index (χ0v) is 12.9. The zero-order chi connectivity index (χ0) is 14.8. The molecule has 2 rings (SSSR count). The topological polar surface area (TPSA) is 21.3 Å². The van der Waals surface area contributed by atoms with Crippen LogP contribution in [0.1, 0.15) is 45.7 Å². The minimum Gasteiger partial charge on any atom is -0.381 e. The molecule has 112 valence electrons. The van der Waals surface area contributed by atoms with Crippen LogP contribution >= 0.6 is 0 Å². The second kappa shape index (κ2) is 6.23. The molecule has 0 saturated carbocycles. The summed E-state index contributed by atoms with van der Waals surface area (Å²) in [5.74, 6) is 0.388. The standard InChI is InChI=1S/C17H26FNO/c1-12(14-9-10-20-11-14)19-16(17(2,3)4)13-5-7-15(18)8-6-13/h5-8,12,14,16,19H,9-11H2,1-4H3. The first-order valence-electron chi connectivity index (χ1n) is 7.47. The van der Waals surface area contributed by atoms with Gasteiger partial charge in [-0.1, -0.05) is 32.9 Å². The lowest BCUT2D eigenvalue weighted by Crippen LogP contribution is -2.41. The third kappa shape index (κ3) is 3.80. The molecule has 1 aliphatic rings. The Hall–Kier alpha value is -0.930. The smallest absolute Gasteiger partial charge is 0.123 e. The molecular weight excluding hydrogens is 253 g/mol. The van der Waals surface area contributed by atoms with Gasteiger partial charge in [0.2, 0.25) is 0 Å². The van der Waals surface area contributed by atoms with Crippen LogP contribution in [-0.2, 0) is 4.74 Å². The number of benzene rings is 1. The predicted octanol–water partition coefficient (Wildman–Crippen LogP) is 3.93. The Morgan fingerprint density at radius 3 is 2.40 bits per heavy atom. The fourth-order valence-electron chi connectivity index (χ4n) is 2.85. The molecular formula is C17H26FNO. The lowest BCUT2D eigenvalue weighted by molar-refractivity contribution is 0.168. The molecule has 1 aromatic carbocycles. The minimum absolute atomic E-state index is 0.0750. The second-order valence-electron chi connectivity index (χ2n) is 6.93. The molecule has 20 heavy (non-hydrogen) atoms. The maximum Gasteiger partial charge on any atom is 0.123 e. The molecule has 1 aliphatic heterocycles. The molecule has 3 atom stereocenters. The summed E-state index contributed by atoms with van der Waals surface area (Å²) < 4.78 is 18.6. The number of halogens is 1. The van der Waals surface area contributed by atoms with Crippen molar-refractivity contribution in [2.45, 2.75) is 46.2 Å². The molecule has 0 amide bonds. The first-order chi connectivity index (χ1) is 9.38. The van der Waals surface area contributed by atoms with Gasteiger partial charge in [-0.05, 0) is 42.4 Å². The normalized spacial score (nSPS) is 22.8. The second-order valence-corrected chi connectivity index (χ2v) is 6.93. The van der Waals surface area contributed by atoms with E-state index >= 15 is 0 Å². The van der Waals surface area contributed by atoms with Crippen molar-refractivity contribution in [2.75, 3.05) is 13.2 Å². The van der Waals surface area contributed by atoms with Crippen molar-refractivity contribution in [1.29, 1.82) is 0 Å². The summed E-state index contributed by atoms with van der Waals surface area (Å²) in [6, 6.07) is 7.45. The van der Waals surface area contributed by atoms with E-state index in [0.717, 1.165) is 25.2 Å². The van der Waals surface area contributed by atoms with Crippen molar-refractivity contribution >= 4 is 0 Å². The summed E-state index contributed by atoms with van der Waals surface area (Å²) in [5.41, 5.74) is 1.22.